The second-order valence-electron chi connectivity index (χ2n) is 3.36. The van der Waals surface area contributed by atoms with Gasteiger partial charge in [-0.05, 0) is 5.56 Å². The maximum atomic E-state index is 13.4. The molecule has 0 radical (unpaired) electrons. The molecule has 0 atom stereocenters. The number of hydrogen-bond acceptors (Lipinski definition) is 1. The Morgan fingerprint density at radius 3 is 2.21 bits per heavy atom. The van der Waals surface area contributed by atoms with Crippen LogP contribution in [0.2, 0.25) is 0 Å². The normalized spacial score (nSPS) is 11.7. The molecule has 1 aromatic carbocycles. The van der Waals surface area contributed by atoms with Gasteiger partial charge in [0.2, 0.25) is 0 Å². The highest BCUT2D eigenvalue weighted by molar-refractivity contribution is 5.25. The lowest BCUT2D eigenvalue weighted by Crippen LogP contribution is -2.12. The van der Waals surface area contributed by atoms with Gasteiger partial charge < -0.3 is 5.73 Å². The van der Waals surface area contributed by atoms with Gasteiger partial charge in [-0.1, -0.05) is 37.6 Å². The smallest absolute Gasteiger partial charge is 0.273 e. The molecule has 1 rings (SSSR count). The van der Waals surface area contributed by atoms with Crippen LogP contribution in [-0.4, -0.2) is 0 Å². The van der Waals surface area contributed by atoms with Crippen molar-refractivity contribution >= 4 is 0 Å². The number of nitrogens with two attached hydrogens (primary N) is 1. The van der Waals surface area contributed by atoms with Crippen LogP contribution >= 0.6 is 0 Å². The number of alkyl halides is 2. The molecule has 0 spiro atoms. The molecule has 0 bridgehead atoms. The third-order valence-corrected chi connectivity index (χ3v) is 2.18. The SMILES string of the molecule is CCCC(F)(F)c1ccc(CN)cc1. The molecule has 0 aliphatic carbocycles. The molecule has 1 nitrogen and oxygen atoms in total. The first-order chi connectivity index (χ1) is 6.60. The van der Waals surface area contributed by atoms with Crippen LogP contribution in [-0.2, 0) is 12.5 Å². The van der Waals surface area contributed by atoms with E-state index in [1.807, 2.05) is 0 Å². The summed E-state index contributed by atoms with van der Waals surface area (Å²) < 4.78 is 26.7. The van der Waals surface area contributed by atoms with Crippen LogP contribution < -0.4 is 5.73 Å². The van der Waals surface area contributed by atoms with Crippen molar-refractivity contribution in [2.45, 2.75) is 32.2 Å². The molecule has 3 heteroatoms. The number of benzene rings is 1. The van der Waals surface area contributed by atoms with Gasteiger partial charge in [-0.2, -0.15) is 0 Å². The lowest BCUT2D eigenvalue weighted by molar-refractivity contribution is -0.0140. The Morgan fingerprint density at radius 2 is 1.79 bits per heavy atom. The van der Waals surface area contributed by atoms with Crippen LogP contribution in [0.5, 0.6) is 0 Å². The zero-order valence-electron chi connectivity index (χ0n) is 8.26. The average Bonchev–Trinajstić information content (AvgIpc) is 2.18. The van der Waals surface area contributed by atoms with Crippen LogP contribution in [0.1, 0.15) is 30.9 Å². The van der Waals surface area contributed by atoms with Crippen molar-refractivity contribution in [1.82, 2.24) is 0 Å². The van der Waals surface area contributed by atoms with E-state index >= 15 is 0 Å². The average molecular weight is 199 g/mol. The van der Waals surface area contributed by atoms with Gasteiger partial charge in [0.25, 0.3) is 5.92 Å². The van der Waals surface area contributed by atoms with E-state index in [1.54, 1.807) is 19.1 Å². The third kappa shape index (κ3) is 2.51. The van der Waals surface area contributed by atoms with E-state index in [0.717, 1.165) is 5.56 Å². The molecule has 14 heavy (non-hydrogen) atoms. The van der Waals surface area contributed by atoms with Gasteiger partial charge in [-0.25, -0.2) is 8.78 Å². The molecule has 0 saturated heterocycles. The molecule has 0 amide bonds. The van der Waals surface area contributed by atoms with Crippen LogP contribution in [0.4, 0.5) is 8.78 Å². The van der Waals surface area contributed by atoms with Crippen molar-refractivity contribution in [1.29, 1.82) is 0 Å². The van der Waals surface area contributed by atoms with Crippen LogP contribution in [0, 0.1) is 0 Å². The van der Waals surface area contributed by atoms with Crippen molar-refractivity contribution in [2.75, 3.05) is 0 Å². The van der Waals surface area contributed by atoms with Gasteiger partial charge in [-0.15, -0.1) is 0 Å². The Labute approximate surface area is 82.9 Å². The summed E-state index contributed by atoms with van der Waals surface area (Å²) in [5, 5.41) is 0. The summed E-state index contributed by atoms with van der Waals surface area (Å²) >= 11 is 0. The summed E-state index contributed by atoms with van der Waals surface area (Å²) in [5.41, 5.74) is 6.34. The molecule has 0 heterocycles. The van der Waals surface area contributed by atoms with E-state index in [4.69, 9.17) is 5.73 Å². The highest BCUT2D eigenvalue weighted by Gasteiger charge is 2.29. The maximum Gasteiger partial charge on any atom is 0.273 e. The summed E-state index contributed by atoms with van der Waals surface area (Å²) in [6, 6.07) is 6.22. The quantitative estimate of drug-likeness (QED) is 0.792. The zero-order chi connectivity index (χ0) is 10.6. The van der Waals surface area contributed by atoms with Gasteiger partial charge in [0, 0.05) is 18.5 Å². The molecule has 0 aliphatic heterocycles. The van der Waals surface area contributed by atoms with Gasteiger partial charge in [0.05, 0.1) is 0 Å². The zero-order valence-corrected chi connectivity index (χ0v) is 8.26. The number of halogens is 2. The Balaban J connectivity index is 2.85. The summed E-state index contributed by atoms with van der Waals surface area (Å²) in [6.07, 6.45) is 0.376. The molecule has 78 valence electrons. The maximum absolute atomic E-state index is 13.4. The van der Waals surface area contributed by atoms with Crippen molar-refractivity contribution in [3.8, 4) is 0 Å². The lowest BCUT2D eigenvalue weighted by atomic mass is 10.0. The molecule has 0 aromatic heterocycles. The highest BCUT2D eigenvalue weighted by atomic mass is 19.3. The monoisotopic (exact) mass is 199 g/mol. The van der Waals surface area contributed by atoms with E-state index in [9.17, 15) is 8.78 Å². The largest absolute Gasteiger partial charge is 0.326 e. The minimum absolute atomic E-state index is 0.0801. The molecule has 0 saturated carbocycles. The van der Waals surface area contributed by atoms with E-state index in [1.165, 1.54) is 12.1 Å². The Kier molecular flexibility index (Phi) is 3.58. The lowest BCUT2D eigenvalue weighted by Gasteiger charge is -2.15. The van der Waals surface area contributed by atoms with Gasteiger partial charge in [0.1, 0.15) is 0 Å². The second-order valence-corrected chi connectivity index (χ2v) is 3.36. The molecule has 1 aromatic rings. The molecule has 2 N–H and O–H groups in total. The van der Waals surface area contributed by atoms with E-state index in [2.05, 4.69) is 0 Å². The summed E-state index contributed by atoms with van der Waals surface area (Å²) in [6.45, 7) is 2.14. The van der Waals surface area contributed by atoms with Crippen molar-refractivity contribution in [3.05, 3.63) is 35.4 Å². The third-order valence-electron chi connectivity index (χ3n) is 2.18. The second kappa shape index (κ2) is 4.51. The van der Waals surface area contributed by atoms with Gasteiger partial charge >= 0.3 is 0 Å². The van der Waals surface area contributed by atoms with E-state index in [0.29, 0.717) is 13.0 Å². The first kappa shape index (κ1) is 11.1. The minimum Gasteiger partial charge on any atom is -0.326 e. The Morgan fingerprint density at radius 1 is 1.21 bits per heavy atom. The summed E-state index contributed by atoms with van der Waals surface area (Å²) in [4.78, 5) is 0. The molecular weight excluding hydrogens is 184 g/mol. The van der Waals surface area contributed by atoms with E-state index in [-0.39, 0.29) is 12.0 Å². The standard InChI is InChI=1S/C11H15F2N/c1-2-7-11(12,13)10-5-3-9(8-14)4-6-10/h3-6H,2,7-8,14H2,1H3. The fraction of sp³-hybridized carbons (Fsp3) is 0.455. The van der Waals surface area contributed by atoms with Gasteiger partial charge in [0.15, 0.2) is 0 Å². The minimum atomic E-state index is -2.71. The first-order valence-corrected chi connectivity index (χ1v) is 4.77. The van der Waals surface area contributed by atoms with Crippen LogP contribution in [0.15, 0.2) is 24.3 Å². The molecular formula is C11H15F2N. The molecule has 0 unspecified atom stereocenters. The van der Waals surface area contributed by atoms with Crippen LogP contribution in [0.25, 0.3) is 0 Å². The predicted molar refractivity (Wildman–Crippen MR) is 53.1 cm³/mol. The predicted octanol–water partition coefficient (Wildman–Crippen LogP) is 3.04. The number of hydrogen-bond donors (Lipinski definition) is 1. The first-order valence-electron chi connectivity index (χ1n) is 4.77. The van der Waals surface area contributed by atoms with Crippen LogP contribution in [0.3, 0.4) is 0 Å². The fourth-order valence-corrected chi connectivity index (χ4v) is 1.34. The Hall–Kier alpha value is -0.960. The van der Waals surface area contributed by atoms with Crippen molar-refractivity contribution in [3.63, 3.8) is 0 Å². The summed E-state index contributed by atoms with van der Waals surface area (Å²) in [5.74, 6) is -2.71. The highest BCUT2D eigenvalue weighted by Crippen LogP contribution is 2.32. The topological polar surface area (TPSA) is 26.0 Å². The van der Waals surface area contributed by atoms with E-state index < -0.39 is 5.92 Å². The Bertz CT molecular complexity index is 280. The molecule has 0 fully saturated rings. The van der Waals surface area contributed by atoms with Gasteiger partial charge in [-0.3, -0.25) is 0 Å². The number of rotatable bonds is 4. The van der Waals surface area contributed by atoms with Crippen molar-refractivity contribution < 1.29 is 8.78 Å². The molecule has 0 aliphatic rings. The van der Waals surface area contributed by atoms with Crippen molar-refractivity contribution in [2.24, 2.45) is 5.73 Å². The fourth-order valence-electron chi connectivity index (χ4n) is 1.34. The summed E-state index contributed by atoms with van der Waals surface area (Å²) in [7, 11) is 0.